The SMILES string of the molecule is O=C(CCc1nc(-c2ccccc2)c(-c2ccccc2)o1)Cc1c[nH]c2ccccc12. The highest BCUT2D eigenvalue weighted by atomic mass is 16.4. The van der Waals surface area contributed by atoms with Gasteiger partial charge in [-0.3, -0.25) is 4.79 Å². The zero-order valence-electron chi connectivity index (χ0n) is 17.0. The molecule has 5 aromatic rings. The van der Waals surface area contributed by atoms with Crippen LogP contribution in [0.3, 0.4) is 0 Å². The standard InChI is InChI=1S/C27H22N2O2/c30-22(17-21-18-28-24-14-8-7-13-23(21)24)15-16-25-29-26(19-9-3-1-4-10-19)27(31-25)20-11-5-2-6-12-20/h1-14,18,28H,15-17H2. The van der Waals surface area contributed by atoms with Crippen molar-refractivity contribution in [3.63, 3.8) is 0 Å². The highest BCUT2D eigenvalue weighted by Gasteiger charge is 2.18. The van der Waals surface area contributed by atoms with E-state index < -0.39 is 0 Å². The Hall–Kier alpha value is -3.92. The van der Waals surface area contributed by atoms with E-state index in [0.717, 1.165) is 39.0 Å². The molecule has 0 unspecified atom stereocenters. The second-order valence-corrected chi connectivity index (χ2v) is 7.59. The van der Waals surface area contributed by atoms with Gasteiger partial charge in [0.05, 0.1) is 0 Å². The molecule has 0 saturated heterocycles. The molecule has 0 aliphatic heterocycles. The summed E-state index contributed by atoms with van der Waals surface area (Å²) in [5.41, 5.74) is 4.87. The van der Waals surface area contributed by atoms with E-state index in [1.165, 1.54) is 0 Å². The van der Waals surface area contributed by atoms with E-state index in [2.05, 4.69) is 4.98 Å². The zero-order chi connectivity index (χ0) is 21.0. The smallest absolute Gasteiger partial charge is 0.195 e. The number of nitrogens with one attached hydrogen (secondary N) is 1. The van der Waals surface area contributed by atoms with Crippen molar-refractivity contribution in [3.8, 4) is 22.6 Å². The van der Waals surface area contributed by atoms with Crippen LogP contribution in [-0.4, -0.2) is 15.8 Å². The van der Waals surface area contributed by atoms with Crippen molar-refractivity contribution < 1.29 is 9.21 Å². The number of H-pyrrole nitrogens is 1. The van der Waals surface area contributed by atoms with Gasteiger partial charge >= 0.3 is 0 Å². The number of aromatic nitrogens is 2. The molecule has 31 heavy (non-hydrogen) atoms. The summed E-state index contributed by atoms with van der Waals surface area (Å²) in [4.78, 5) is 20.7. The van der Waals surface area contributed by atoms with Gasteiger partial charge in [-0.15, -0.1) is 0 Å². The molecule has 0 bridgehead atoms. The van der Waals surface area contributed by atoms with Gasteiger partial charge in [0, 0.05) is 47.5 Å². The normalized spacial score (nSPS) is 11.1. The first-order chi connectivity index (χ1) is 15.3. The Kier molecular flexibility index (Phi) is 5.19. The first kappa shape index (κ1) is 19.1. The molecule has 5 rings (SSSR count). The van der Waals surface area contributed by atoms with Crippen molar-refractivity contribution in [2.75, 3.05) is 0 Å². The number of carbonyl (C=O) groups excluding carboxylic acids is 1. The van der Waals surface area contributed by atoms with Crippen LogP contribution >= 0.6 is 0 Å². The maximum absolute atomic E-state index is 12.7. The molecule has 4 heteroatoms. The number of rotatable bonds is 7. The van der Waals surface area contributed by atoms with Crippen LogP contribution in [0.5, 0.6) is 0 Å². The summed E-state index contributed by atoms with van der Waals surface area (Å²) < 4.78 is 6.14. The lowest BCUT2D eigenvalue weighted by Gasteiger charge is -2.01. The molecular formula is C27H22N2O2. The number of hydrogen-bond donors (Lipinski definition) is 1. The third-order valence-corrected chi connectivity index (χ3v) is 5.43. The van der Waals surface area contributed by atoms with Crippen LogP contribution in [0.4, 0.5) is 0 Å². The van der Waals surface area contributed by atoms with E-state index in [1.807, 2.05) is 91.1 Å². The summed E-state index contributed by atoms with van der Waals surface area (Å²) >= 11 is 0. The van der Waals surface area contributed by atoms with Gasteiger partial charge in [0.2, 0.25) is 0 Å². The van der Waals surface area contributed by atoms with Gasteiger partial charge in [0.1, 0.15) is 11.5 Å². The average molecular weight is 406 g/mol. The van der Waals surface area contributed by atoms with E-state index in [4.69, 9.17) is 9.40 Å². The summed E-state index contributed by atoms with van der Waals surface area (Å²) in [5, 5.41) is 1.10. The van der Waals surface area contributed by atoms with E-state index in [9.17, 15) is 4.79 Å². The van der Waals surface area contributed by atoms with Crippen molar-refractivity contribution in [3.05, 3.63) is 103 Å². The van der Waals surface area contributed by atoms with Gasteiger partial charge in [-0.1, -0.05) is 78.9 Å². The van der Waals surface area contributed by atoms with Gasteiger partial charge in [0.25, 0.3) is 0 Å². The van der Waals surface area contributed by atoms with Gasteiger partial charge in [-0.2, -0.15) is 0 Å². The predicted molar refractivity (Wildman–Crippen MR) is 123 cm³/mol. The van der Waals surface area contributed by atoms with Gasteiger partial charge in [0.15, 0.2) is 11.7 Å². The Labute approximate surface area is 180 Å². The summed E-state index contributed by atoms with van der Waals surface area (Å²) in [6, 6.07) is 28.0. The molecule has 0 fully saturated rings. The second kappa shape index (κ2) is 8.44. The molecular weight excluding hydrogens is 384 g/mol. The molecule has 0 aliphatic rings. The Bertz CT molecular complexity index is 1260. The van der Waals surface area contributed by atoms with E-state index in [0.29, 0.717) is 25.2 Å². The van der Waals surface area contributed by atoms with Crippen LogP contribution < -0.4 is 0 Å². The number of oxazole rings is 1. The van der Waals surface area contributed by atoms with Crippen molar-refractivity contribution in [1.29, 1.82) is 0 Å². The minimum atomic E-state index is 0.172. The number of Topliss-reactive ketones (excluding diaryl/α,β-unsaturated/α-hetero) is 1. The lowest BCUT2D eigenvalue weighted by Crippen LogP contribution is -2.04. The summed E-state index contributed by atoms with van der Waals surface area (Å²) in [5.74, 6) is 1.50. The molecule has 2 heterocycles. The Morgan fingerprint density at radius 2 is 1.52 bits per heavy atom. The zero-order valence-corrected chi connectivity index (χ0v) is 17.0. The summed E-state index contributed by atoms with van der Waals surface area (Å²) in [6.45, 7) is 0. The lowest BCUT2D eigenvalue weighted by molar-refractivity contribution is -0.118. The number of hydrogen-bond acceptors (Lipinski definition) is 3. The quantitative estimate of drug-likeness (QED) is 0.348. The fourth-order valence-corrected chi connectivity index (χ4v) is 3.87. The van der Waals surface area contributed by atoms with Crippen LogP contribution in [-0.2, 0) is 17.6 Å². The molecule has 3 aromatic carbocycles. The van der Waals surface area contributed by atoms with E-state index >= 15 is 0 Å². The number of carbonyl (C=O) groups is 1. The summed E-state index contributed by atoms with van der Waals surface area (Å²) in [7, 11) is 0. The monoisotopic (exact) mass is 406 g/mol. The van der Waals surface area contributed by atoms with Crippen molar-refractivity contribution in [2.24, 2.45) is 0 Å². The van der Waals surface area contributed by atoms with Gasteiger partial charge < -0.3 is 9.40 Å². The number of benzene rings is 3. The Morgan fingerprint density at radius 1 is 0.839 bits per heavy atom. The van der Waals surface area contributed by atoms with E-state index in [-0.39, 0.29) is 5.78 Å². The van der Waals surface area contributed by atoms with Crippen LogP contribution in [0.15, 0.2) is 95.5 Å². The molecule has 0 amide bonds. The van der Waals surface area contributed by atoms with Crippen LogP contribution in [0.2, 0.25) is 0 Å². The molecule has 0 radical (unpaired) electrons. The number of ketones is 1. The molecule has 2 aromatic heterocycles. The van der Waals surface area contributed by atoms with Crippen molar-refractivity contribution >= 4 is 16.7 Å². The molecule has 4 nitrogen and oxygen atoms in total. The molecule has 152 valence electrons. The first-order valence-corrected chi connectivity index (χ1v) is 10.4. The highest BCUT2D eigenvalue weighted by Crippen LogP contribution is 2.33. The average Bonchev–Trinajstić information content (AvgIpc) is 3.44. The second-order valence-electron chi connectivity index (χ2n) is 7.59. The number of nitrogens with zero attached hydrogens (tertiary/aromatic N) is 1. The largest absolute Gasteiger partial charge is 0.440 e. The maximum atomic E-state index is 12.7. The van der Waals surface area contributed by atoms with Crippen LogP contribution in [0.1, 0.15) is 17.9 Å². The third kappa shape index (κ3) is 4.05. The summed E-state index contributed by atoms with van der Waals surface area (Å²) in [6.07, 6.45) is 3.20. The number of para-hydroxylation sites is 1. The van der Waals surface area contributed by atoms with Gasteiger partial charge in [-0.05, 0) is 11.6 Å². The molecule has 0 atom stereocenters. The topological polar surface area (TPSA) is 58.9 Å². The van der Waals surface area contributed by atoms with Crippen molar-refractivity contribution in [2.45, 2.75) is 19.3 Å². The fourth-order valence-electron chi connectivity index (χ4n) is 3.87. The Balaban J connectivity index is 1.36. The van der Waals surface area contributed by atoms with Crippen molar-refractivity contribution in [1.82, 2.24) is 9.97 Å². The van der Waals surface area contributed by atoms with Gasteiger partial charge in [-0.25, -0.2) is 4.98 Å². The fraction of sp³-hybridized carbons (Fsp3) is 0.111. The molecule has 0 saturated carbocycles. The molecule has 0 aliphatic carbocycles. The Morgan fingerprint density at radius 3 is 2.29 bits per heavy atom. The van der Waals surface area contributed by atoms with E-state index in [1.54, 1.807) is 0 Å². The minimum absolute atomic E-state index is 0.172. The highest BCUT2D eigenvalue weighted by molar-refractivity contribution is 5.89. The first-order valence-electron chi connectivity index (χ1n) is 10.4. The predicted octanol–water partition coefficient (Wildman–Crippen LogP) is 6.23. The van der Waals surface area contributed by atoms with Crippen LogP contribution in [0.25, 0.3) is 33.5 Å². The number of fused-ring (bicyclic) bond motifs is 1. The molecule has 1 N–H and O–H groups in total. The minimum Gasteiger partial charge on any atom is -0.440 e. The van der Waals surface area contributed by atoms with Crippen LogP contribution in [0, 0.1) is 0 Å². The molecule has 0 spiro atoms. The maximum Gasteiger partial charge on any atom is 0.195 e. The lowest BCUT2D eigenvalue weighted by atomic mass is 10.0. The number of aromatic amines is 1. The third-order valence-electron chi connectivity index (χ3n) is 5.43. The number of aryl methyl sites for hydroxylation is 1.